The molecule has 1 unspecified atom stereocenters. The molecule has 16 heavy (non-hydrogen) atoms. The van der Waals surface area contributed by atoms with E-state index in [9.17, 15) is 0 Å². The van der Waals surface area contributed by atoms with Gasteiger partial charge in [-0.15, -0.1) is 0 Å². The van der Waals surface area contributed by atoms with E-state index >= 15 is 0 Å². The predicted molar refractivity (Wildman–Crippen MR) is 66.9 cm³/mol. The molecule has 2 aromatic rings. The monoisotopic (exact) mass is 214 g/mol. The maximum Gasteiger partial charge on any atom is 0.0645 e. The van der Waals surface area contributed by atoms with Crippen molar-refractivity contribution in [2.24, 2.45) is 0 Å². The van der Waals surface area contributed by atoms with Gasteiger partial charge >= 0.3 is 0 Å². The van der Waals surface area contributed by atoms with Gasteiger partial charge in [-0.3, -0.25) is 0 Å². The van der Waals surface area contributed by atoms with E-state index in [0.29, 0.717) is 5.92 Å². The molecule has 0 aliphatic carbocycles. The minimum Gasteiger partial charge on any atom is -0.241 e. The van der Waals surface area contributed by atoms with Crippen LogP contribution in [0.3, 0.4) is 0 Å². The Balaban J connectivity index is 2.20. The Labute approximate surface area is 96.9 Å². The number of benzene rings is 1. The Kier molecular flexibility index (Phi) is 3.40. The van der Waals surface area contributed by atoms with Crippen LogP contribution in [0.1, 0.15) is 38.2 Å². The second-order valence-electron chi connectivity index (χ2n) is 4.24. The lowest BCUT2D eigenvalue weighted by Crippen LogP contribution is -1.93. The van der Waals surface area contributed by atoms with E-state index in [4.69, 9.17) is 0 Å². The zero-order valence-corrected chi connectivity index (χ0v) is 9.93. The molecule has 0 saturated carbocycles. The predicted octanol–water partition coefficient (Wildman–Crippen LogP) is 3.78. The van der Waals surface area contributed by atoms with Gasteiger partial charge in [0.05, 0.1) is 11.9 Å². The molecule has 0 amide bonds. The van der Waals surface area contributed by atoms with Gasteiger partial charge in [-0.05, 0) is 30.0 Å². The molecule has 0 spiro atoms. The quantitative estimate of drug-likeness (QED) is 0.757. The van der Waals surface area contributed by atoms with Crippen molar-refractivity contribution >= 4 is 0 Å². The van der Waals surface area contributed by atoms with Crippen LogP contribution in [0.4, 0.5) is 0 Å². The molecule has 0 fully saturated rings. The van der Waals surface area contributed by atoms with Crippen LogP contribution in [0.15, 0.2) is 42.7 Å². The minimum absolute atomic E-state index is 0.600. The lowest BCUT2D eigenvalue weighted by atomic mass is 10.0. The molecule has 84 valence electrons. The number of nitrogens with zero attached hydrogens (tertiary/aromatic N) is 2. The van der Waals surface area contributed by atoms with E-state index in [1.54, 1.807) is 0 Å². The molecular weight excluding hydrogens is 196 g/mol. The van der Waals surface area contributed by atoms with Crippen molar-refractivity contribution < 1.29 is 0 Å². The summed E-state index contributed by atoms with van der Waals surface area (Å²) < 4.78 is 1.95. The van der Waals surface area contributed by atoms with Crippen LogP contribution in [0.25, 0.3) is 5.69 Å². The molecule has 0 radical (unpaired) electrons. The maximum absolute atomic E-state index is 4.41. The van der Waals surface area contributed by atoms with Crippen molar-refractivity contribution in [3.63, 3.8) is 0 Å². The average Bonchev–Trinajstić information content (AvgIpc) is 2.80. The zero-order chi connectivity index (χ0) is 11.4. The first-order valence-corrected chi connectivity index (χ1v) is 5.91. The van der Waals surface area contributed by atoms with Crippen LogP contribution in [0, 0.1) is 0 Å². The van der Waals surface area contributed by atoms with E-state index in [2.05, 4.69) is 37.3 Å². The van der Waals surface area contributed by atoms with E-state index in [1.165, 1.54) is 18.4 Å². The fourth-order valence-electron chi connectivity index (χ4n) is 1.91. The van der Waals surface area contributed by atoms with Gasteiger partial charge in [0.15, 0.2) is 0 Å². The van der Waals surface area contributed by atoms with Gasteiger partial charge in [0.1, 0.15) is 0 Å². The van der Waals surface area contributed by atoms with Crippen LogP contribution in [0.5, 0.6) is 0 Å². The molecule has 2 rings (SSSR count). The molecule has 1 aromatic heterocycles. The molecule has 0 aliphatic heterocycles. The SMILES string of the molecule is CCCC(C)c1cnn(-c2ccccc2)c1. The third-order valence-electron chi connectivity index (χ3n) is 2.91. The van der Waals surface area contributed by atoms with Crippen LogP contribution in [0.2, 0.25) is 0 Å². The van der Waals surface area contributed by atoms with Crippen molar-refractivity contribution in [1.29, 1.82) is 0 Å². The number of aromatic nitrogens is 2. The lowest BCUT2D eigenvalue weighted by molar-refractivity contribution is 0.664. The Morgan fingerprint density at radius 3 is 2.69 bits per heavy atom. The highest BCUT2D eigenvalue weighted by molar-refractivity contribution is 5.31. The fourth-order valence-corrected chi connectivity index (χ4v) is 1.91. The van der Waals surface area contributed by atoms with Gasteiger partial charge < -0.3 is 0 Å². The molecule has 0 N–H and O–H groups in total. The molecule has 1 aromatic carbocycles. The summed E-state index contributed by atoms with van der Waals surface area (Å²) in [7, 11) is 0. The molecule has 0 bridgehead atoms. The van der Waals surface area contributed by atoms with E-state index in [0.717, 1.165) is 5.69 Å². The van der Waals surface area contributed by atoms with Gasteiger partial charge in [-0.1, -0.05) is 38.5 Å². The second kappa shape index (κ2) is 4.97. The second-order valence-corrected chi connectivity index (χ2v) is 4.24. The molecule has 0 saturated heterocycles. The van der Waals surface area contributed by atoms with E-state index in [-0.39, 0.29) is 0 Å². The molecule has 2 heteroatoms. The largest absolute Gasteiger partial charge is 0.241 e. The van der Waals surface area contributed by atoms with Crippen molar-refractivity contribution in [1.82, 2.24) is 9.78 Å². The van der Waals surface area contributed by atoms with Crippen molar-refractivity contribution in [3.8, 4) is 5.69 Å². The third-order valence-corrected chi connectivity index (χ3v) is 2.91. The highest BCUT2D eigenvalue weighted by atomic mass is 15.3. The summed E-state index contributed by atoms with van der Waals surface area (Å²) >= 11 is 0. The highest BCUT2D eigenvalue weighted by Gasteiger charge is 2.07. The van der Waals surface area contributed by atoms with E-state index in [1.807, 2.05) is 29.1 Å². The number of para-hydroxylation sites is 1. The van der Waals surface area contributed by atoms with Gasteiger partial charge in [0.2, 0.25) is 0 Å². The first-order chi connectivity index (χ1) is 7.81. The van der Waals surface area contributed by atoms with Gasteiger partial charge in [-0.2, -0.15) is 5.10 Å². The van der Waals surface area contributed by atoms with Gasteiger partial charge in [0.25, 0.3) is 0 Å². The summed E-state index contributed by atoms with van der Waals surface area (Å²) in [5.74, 6) is 0.600. The first kappa shape index (κ1) is 10.9. The number of rotatable bonds is 4. The lowest BCUT2D eigenvalue weighted by Gasteiger charge is -2.05. The summed E-state index contributed by atoms with van der Waals surface area (Å²) in [4.78, 5) is 0. The molecule has 1 heterocycles. The summed E-state index contributed by atoms with van der Waals surface area (Å²) in [5, 5.41) is 4.41. The summed E-state index contributed by atoms with van der Waals surface area (Å²) in [6.07, 6.45) is 6.56. The Hall–Kier alpha value is -1.57. The summed E-state index contributed by atoms with van der Waals surface area (Å²) in [5.41, 5.74) is 2.45. The topological polar surface area (TPSA) is 17.8 Å². The molecule has 0 aliphatic rings. The van der Waals surface area contributed by atoms with Gasteiger partial charge in [0, 0.05) is 6.20 Å². The molecule has 1 atom stereocenters. The third kappa shape index (κ3) is 2.32. The molecular formula is C14H18N2. The number of hydrogen-bond donors (Lipinski definition) is 0. The fraction of sp³-hybridized carbons (Fsp3) is 0.357. The minimum atomic E-state index is 0.600. The maximum atomic E-state index is 4.41. The van der Waals surface area contributed by atoms with Crippen LogP contribution >= 0.6 is 0 Å². The summed E-state index contributed by atoms with van der Waals surface area (Å²) in [6, 6.07) is 10.2. The van der Waals surface area contributed by atoms with E-state index < -0.39 is 0 Å². The average molecular weight is 214 g/mol. The van der Waals surface area contributed by atoms with Crippen molar-refractivity contribution in [2.75, 3.05) is 0 Å². The highest BCUT2D eigenvalue weighted by Crippen LogP contribution is 2.20. The summed E-state index contributed by atoms with van der Waals surface area (Å²) in [6.45, 7) is 4.48. The van der Waals surface area contributed by atoms with Crippen molar-refractivity contribution in [2.45, 2.75) is 32.6 Å². The zero-order valence-electron chi connectivity index (χ0n) is 9.93. The van der Waals surface area contributed by atoms with Gasteiger partial charge in [-0.25, -0.2) is 4.68 Å². The molecule has 2 nitrogen and oxygen atoms in total. The smallest absolute Gasteiger partial charge is 0.0645 e. The van der Waals surface area contributed by atoms with Crippen LogP contribution < -0.4 is 0 Å². The van der Waals surface area contributed by atoms with Crippen LogP contribution in [-0.2, 0) is 0 Å². The van der Waals surface area contributed by atoms with Crippen molar-refractivity contribution in [3.05, 3.63) is 48.3 Å². The Morgan fingerprint density at radius 2 is 2.00 bits per heavy atom. The Morgan fingerprint density at radius 1 is 1.25 bits per heavy atom. The Bertz CT molecular complexity index is 431. The van der Waals surface area contributed by atoms with Crippen LogP contribution in [-0.4, -0.2) is 9.78 Å². The first-order valence-electron chi connectivity index (χ1n) is 5.91. The standard InChI is InChI=1S/C14H18N2/c1-3-7-12(2)13-10-15-16(11-13)14-8-5-4-6-9-14/h4-6,8-12H,3,7H2,1-2H3. The normalized spacial score (nSPS) is 12.6. The number of hydrogen-bond acceptors (Lipinski definition) is 1.